The van der Waals surface area contributed by atoms with Gasteiger partial charge in [0.2, 0.25) is 5.91 Å². The molecule has 0 bridgehead atoms. The highest BCUT2D eigenvalue weighted by Crippen LogP contribution is 2.24. The second-order valence-electron chi connectivity index (χ2n) is 4.53. The molecule has 1 aromatic rings. The van der Waals surface area contributed by atoms with Crippen LogP contribution in [-0.2, 0) is 9.59 Å². The van der Waals surface area contributed by atoms with Crippen molar-refractivity contribution < 1.29 is 14.7 Å². The van der Waals surface area contributed by atoms with Gasteiger partial charge in [0.15, 0.2) is 0 Å². The molecule has 0 aliphatic carbocycles. The minimum absolute atomic E-state index is 0.118. The van der Waals surface area contributed by atoms with Crippen molar-refractivity contribution in [3.8, 4) is 0 Å². The Morgan fingerprint density at radius 3 is 2.53 bits per heavy atom. The number of amides is 1. The van der Waals surface area contributed by atoms with Crippen LogP contribution < -0.4 is 4.90 Å². The van der Waals surface area contributed by atoms with Crippen LogP contribution in [0.15, 0.2) is 18.2 Å². The summed E-state index contributed by atoms with van der Waals surface area (Å²) >= 11 is 6.05. The fourth-order valence-corrected chi connectivity index (χ4v) is 1.82. The van der Waals surface area contributed by atoms with E-state index in [-0.39, 0.29) is 12.5 Å². The average Bonchev–Trinajstić information content (AvgIpc) is 2.38. The van der Waals surface area contributed by atoms with Crippen molar-refractivity contribution in [3.05, 3.63) is 28.8 Å². The number of carbonyl (C=O) groups excluding carboxylic acids is 1. The van der Waals surface area contributed by atoms with Crippen molar-refractivity contribution in [1.29, 1.82) is 0 Å². The first-order valence-corrected chi connectivity index (χ1v) is 6.54. The number of nitrogens with zero attached hydrogens (tertiary/aromatic N) is 1. The third-order valence-electron chi connectivity index (χ3n) is 2.95. The maximum atomic E-state index is 12.0. The molecule has 1 atom stereocenters. The molecular formula is C14H18ClNO3. The van der Waals surface area contributed by atoms with Crippen LogP contribution in [0.3, 0.4) is 0 Å². The number of aliphatic carboxylic acids is 1. The van der Waals surface area contributed by atoms with E-state index in [2.05, 4.69) is 0 Å². The van der Waals surface area contributed by atoms with Crippen LogP contribution in [0.25, 0.3) is 0 Å². The van der Waals surface area contributed by atoms with Gasteiger partial charge in [-0.2, -0.15) is 0 Å². The fourth-order valence-electron chi connectivity index (χ4n) is 1.64. The fraction of sp³-hybridized carbons (Fsp3) is 0.429. The van der Waals surface area contributed by atoms with Gasteiger partial charge < -0.3 is 10.0 Å². The number of carbonyl (C=O) groups is 2. The monoisotopic (exact) mass is 283 g/mol. The van der Waals surface area contributed by atoms with Gasteiger partial charge in [0.25, 0.3) is 0 Å². The van der Waals surface area contributed by atoms with Gasteiger partial charge in [0.1, 0.15) is 0 Å². The lowest BCUT2D eigenvalue weighted by molar-refractivity contribution is -0.140. The lowest BCUT2D eigenvalue weighted by Gasteiger charge is -2.24. The van der Waals surface area contributed by atoms with Crippen LogP contribution in [-0.4, -0.2) is 23.5 Å². The van der Waals surface area contributed by atoms with E-state index in [9.17, 15) is 9.59 Å². The summed E-state index contributed by atoms with van der Waals surface area (Å²) < 4.78 is 0. The quantitative estimate of drug-likeness (QED) is 0.903. The summed E-state index contributed by atoms with van der Waals surface area (Å²) in [7, 11) is 0. The minimum atomic E-state index is -0.924. The second-order valence-corrected chi connectivity index (χ2v) is 4.94. The molecule has 5 heteroatoms. The standard InChI is InChI=1S/C14H18ClNO3/c1-4-13(17)16(8-10(3)14(18)19)11-6-5-9(2)12(15)7-11/h5-7,10H,4,8H2,1-3H3,(H,18,19). The Bertz CT molecular complexity index is 488. The third kappa shape index (κ3) is 3.96. The number of carboxylic acids is 1. The molecule has 1 aromatic carbocycles. The predicted octanol–water partition coefficient (Wildman–Crippen LogP) is 3.11. The molecule has 0 fully saturated rings. The first-order valence-electron chi connectivity index (χ1n) is 6.16. The largest absolute Gasteiger partial charge is 0.481 e. The summed E-state index contributed by atoms with van der Waals surface area (Å²) in [6, 6.07) is 5.29. The van der Waals surface area contributed by atoms with Crippen molar-refractivity contribution in [2.24, 2.45) is 5.92 Å². The van der Waals surface area contributed by atoms with Crippen LogP contribution in [0.2, 0.25) is 5.02 Å². The third-order valence-corrected chi connectivity index (χ3v) is 3.36. The van der Waals surface area contributed by atoms with Gasteiger partial charge in [0.05, 0.1) is 5.92 Å². The minimum Gasteiger partial charge on any atom is -0.481 e. The first-order chi connectivity index (χ1) is 8.86. The normalized spacial score (nSPS) is 12.0. The Morgan fingerprint density at radius 1 is 1.42 bits per heavy atom. The molecule has 1 N–H and O–H groups in total. The number of rotatable bonds is 5. The molecule has 0 spiro atoms. The molecule has 1 unspecified atom stereocenters. The average molecular weight is 284 g/mol. The summed E-state index contributed by atoms with van der Waals surface area (Å²) in [5.41, 5.74) is 1.55. The molecule has 0 saturated heterocycles. The van der Waals surface area contributed by atoms with E-state index >= 15 is 0 Å². The Kier molecular flexibility index (Phi) is 5.36. The van der Waals surface area contributed by atoms with Gasteiger partial charge in [-0.1, -0.05) is 31.5 Å². The van der Waals surface area contributed by atoms with E-state index < -0.39 is 11.9 Å². The van der Waals surface area contributed by atoms with Crippen LogP contribution in [0.4, 0.5) is 5.69 Å². The first kappa shape index (κ1) is 15.5. The number of halogens is 1. The highest BCUT2D eigenvalue weighted by molar-refractivity contribution is 6.31. The number of hydrogen-bond acceptors (Lipinski definition) is 2. The summed E-state index contributed by atoms with van der Waals surface area (Å²) in [6.45, 7) is 5.34. The number of anilines is 1. The summed E-state index contributed by atoms with van der Waals surface area (Å²) in [4.78, 5) is 24.4. The van der Waals surface area contributed by atoms with Crippen molar-refractivity contribution in [2.45, 2.75) is 27.2 Å². The van der Waals surface area contributed by atoms with Gasteiger partial charge in [-0.3, -0.25) is 9.59 Å². The van der Waals surface area contributed by atoms with E-state index in [0.717, 1.165) is 5.56 Å². The molecule has 104 valence electrons. The number of carboxylic acid groups (broad SMARTS) is 1. The number of aryl methyl sites for hydroxylation is 1. The van der Waals surface area contributed by atoms with Gasteiger partial charge in [-0.25, -0.2) is 0 Å². The maximum absolute atomic E-state index is 12.0. The molecular weight excluding hydrogens is 266 g/mol. The zero-order valence-corrected chi connectivity index (χ0v) is 12.1. The maximum Gasteiger partial charge on any atom is 0.308 e. The molecule has 0 saturated carbocycles. The van der Waals surface area contributed by atoms with Gasteiger partial charge in [-0.15, -0.1) is 0 Å². The van der Waals surface area contributed by atoms with E-state index in [4.69, 9.17) is 16.7 Å². The number of benzene rings is 1. The van der Waals surface area contributed by atoms with Crippen LogP contribution >= 0.6 is 11.6 Å². The smallest absolute Gasteiger partial charge is 0.308 e. The Morgan fingerprint density at radius 2 is 2.05 bits per heavy atom. The van der Waals surface area contributed by atoms with Crippen molar-refractivity contribution in [3.63, 3.8) is 0 Å². The topological polar surface area (TPSA) is 57.6 Å². The van der Waals surface area contributed by atoms with Crippen molar-refractivity contribution >= 4 is 29.2 Å². The second kappa shape index (κ2) is 6.57. The van der Waals surface area contributed by atoms with Crippen LogP contribution in [0.1, 0.15) is 25.8 Å². The highest BCUT2D eigenvalue weighted by atomic mass is 35.5. The molecule has 0 heterocycles. The molecule has 0 radical (unpaired) electrons. The zero-order chi connectivity index (χ0) is 14.6. The predicted molar refractivity (Wildman–Crippen MR) is 75.6 cm³/mol. The Labute approximate surface area is 118 Å². The molecule has 1 rings (SSSR count). The Balaban J connectivity index is 3.05. The molecule has 0 aromatic heterocycles. The lowest BCUT2D eigenvalue weighted by Crippen LogP contribution is -2.36. The molecule has 0 aliphatic rings. The van der Waals surface area contributed by atoms with E-state index in [1.165, 1.54) is 4.90 Å². The lowest BCUT2D eigenvalue weighted by atomic mass is 10.1. The SMILES string of the molecule is CCC(=O)N(CC(C)C(=O)O)c1ccc(C)c(Cl)c1. The number of hydrogen-bond donors (Lipinski definition) is 1. The van der Waals surface area contributed by atoms with Crippen LogP contribution in [0, 0.1) is 12.8 Å². The van der Waals surface area contributed by atoms with Crippen LogP contribution in [0.5, 0.6) is 0 Å². The van der Waals surface area contributed by atoms with Gasteiger partial charge in [-0.05, 0) is 24.6 Å². The molecule has 1 amide bonds. The molecule has 4 nitrogen and oxygen atoms in total. The molecule has 19 heavy (non-hydrogen) atoms. The summed E-state index contributed by atoms with van der Waals surface area (Å²) in [6.07, 6.45) is 0.317. The summed E-state index contributed by atoms with van der Waals surface area (Å²) in [5.74, 6) is -1.67. The highest BCUT2D eigenvalue weighted by Gasteiger charge is 2.21. The van der Waals surface area contributed by atoms with Gasteiger partial charge in [0, 0.05) is 23.7 Å². The van der Waals surface area contributed by atoms with Crippen molar-refractivity contribution in [1.82, 2.24) is 0 Å². The molecule has 0 aliphatic heterocycles. The van der Waals surface area contributed by atoms with Gasteiger partial charge >= 0.3 is 5.97 Å². The Hall–Kier alpha value is -1.55. The van der Waals surface area contributed by atoms with E-state index in [1.807, 2.05) is 13.0 Å². The van der Waals surface area contributed by atoms with E-state index in [0.29, 0.717) is 17.1 Å². The van der Waals surface area contributed by atoms with Crippen molar-refractivity contribution in [2.75, 3.05) is 11.4 Å². The van der Waals surface area contributed by atoms with E-state index in [1.54, 1.807) is 26.0 Å². The summed E-state index contributed by atoms with van der Waals surface area (Å²) in [5, 5.41) is 9.53. The zero-order valence-electron chi connectivity index (χ0n) is 11.3.